The van der Waals surface area contributed by atoms with Crippen LogP contribution in [0.2, 0.25) is 0 Å². The van der Waals surface area contributed by atoms with Crippen molar-refractivity contribution in [1.82, 2.24) is 4.98 Å². The molecule has 0 spiro atoms. The Morgan fingerprint density at radius 3 is 3.07 bits per heavy atom. The number of pyridine rings is 1. The number of hydrogen-bond acceptors (Lipinski definition) is 2. The van der Waals surface area contributed by atoms with Crippen LogP contribution in [0.15, 0.2) is 24.5 Å². The molecular formula is C13H19NO. The molecule has 1 fully saturated rings. The molecule has 0 saturated heterocycles. The maximum absolute atomic E-state index is 9.93. The first-order valence-electron chi connectivity index (χ1n) is 5.82. The summed E-state index contributed by atoms with van der Waals surface area (Å²) in [4.78, 5) is 4.11. The largest absolute Gasteiger partial charge is 0.393 e. The van der Waals surface area contributed by atoms with E-state index in [1.807, 2.05) is 12.3 Å². The lowest BCUT2D eigenvalue weighted by molar-refractivity contribution is 0.0519. The van der Waals surface area contributed by atoms with Crippen LogP contribution in [0.1, 0.15) is 31.7 Å². The van der Waals surface area contributed by atoms with E-state index in [1.165, 1.54) is 12.0 Å². The molecule has 1 aromatic heterocycles. The highest BCUT2D eigenvalue weighted by Gasteiger charge is 2.26. The molecule has 3 atom stereocenters. The molecule has 2 heteroatoms. The summed E-state index contributed by atoms with van der Waals surface area (Å²) < 4.78 is 0. The Morgan fingerprint density at radius 2 is 2.33 bits per heavy atom. The summed E-state index contributed by atoms with van der Waals surface area (Å²) in [6.45, 7) is 2.28. The molecule has 82 valence electrons. The van der Waals surface area contributed by atoms with Crippen molar-refractivity contribution in [2.45, 2.75) is 38.7 Å². The van der Waals surface area contributed by atoms with Crippen LogP contribution >= 0.6 is 0 Å². The third-order valence-corrected chi connectivity index (χ3v) is 3.43. The average molecular weight is 205 g/mol. The zero-order valence-corrected chi connectivity index (χ0v) is 9.26. The van der Waals surface area contributed by atoms with E-state index in [4.69, 9.17) is 0 Å². The van der Waals surface area contributed by atoms with Gasteiger partial charge in [0.2, 0.25) is 0 Å². The van der Waals surface area contributed by atoms with Gasteiger partial charge in [0.05, 0.1) is 6.10 Å². The molecule has 0 aromatic carbocycles. The van der Waals surface area contributed by atoms with Crippen molar-refractivity contribution in [3.05, 3.63) is 30.1 Å². The van der Waals surface area contributed by atoms with Gasteiger partial charge < -0.3 is 5.11 Å². The lowest BCUT2D eigenvalue weighted by Crippen LogP contribution is -2.29. The van der Waals surface area contributed by atoms with E-state index in [9.17, 15) is 5.11 Å². The molecule has 1 N–H and O–H groups in total. The fraction of sp³-hybridized carbons (Fsp3) is 0.615. The van der Waals surface area contributed by atoms with E-state index in [-0.39, 0.29) is 6.10 Å². The molecule has 2 nitrogen and oxygen atoms in total. The van der Waals surface area contributed by atoms with E-state index in [0.29, 0.717) is 5.92 Å². The fourth-order valence-electron chi connectivity index (χ4n) is 2.52. The van der Waals surface area contributed by atoms with Gasteiger partial charge in [-0.15, -0.1) is 0 Å². The van der Waals surface area contributed by atoms with E-state index < -0.39 is 0 Å². The van der Waals surface area contributed by atoms with Crippen molar-refractivity contribution in [1.29, 1.82) is 0 Å². The van der Waals surface area contributed by atoms with Crippen molar-refractivity contribution in [2.24, 2.45) is 11.8 Å². The Morgan fingerprint density at radius 1 is 1.47 bits per heavy atom. The predicted molar refractivity (Wildman–Crippen MR) is 60.5 cm³/mol. The average Bonchev–Trinajstić information content (AvgIpc) is 2.25. The van der Waals surface area contributed by atoms with Crippen molar-refractivity contribution in [3.8, 4) is 0 Å². The van der Waals surface area contributed by atoms with Crippen LogP contribution in [0.4, 0.5) is 0 Å². The molecule has 0 bridgehead atoms. The third-order valence-electron chi connectivity index (χ3n) is 3.43. The summed E-state index contributed by atoms with van der Waals surface area (Å²) in [5.41, 5.74) is 1.25. The molecule has 15 heavy (non-hydrogen) atoms. The minimum atomic E-state index is -0.110. The van der Waals surface area contributed by atoms with Crippen LogP contribution in [0.5, 0.6) is 0 Å². The summed E-state index contributed by atoms with van der Waals surface area (Å²) in [5, 5.41) is 9.93. The fourth-order valence-corrected chi connectivity index (χ4v) is 2.52. The van der Waals surface area contributed by atoms with Crippen molar-refractivity contribution < 1.29 is 5.11 Å². The third kappa shape index (κ3) is 2.78. The Hall–Kier alpha value is -0.890. The Bertz CT molecular complexity index is 299. The topological polar surface area (TPSA) is 33.1 Å². The van der Waals surface area contributed by atoms with E-state index in [2.05, 4.69) is 18.0 Å². The molecule has 0 aliphatic heterocycles. The number of rotatable bonds is 2. The predicted octanol–water partition coefficient (Wildman–Crippen LogP) is 2.42. The Kier molecular flexibility index (Phi) is 3.37. The number of aliphatic hydroxyl groups is 1. The Balaban J connectivity index is 1.98. The van der Waals surface area contributed by atoms with Crippen LogP contribution in [-0.4, -0.2) is 16.2 Å². The highest BCUT2D eigenvalue weighted by molar-refractivity contribution is 5.10. The molecule has 0 amide bonds. The van der Waals surface area contributed by atoms with E-state index >= 15 is 0 Å². The zero-order chi connectivity index (χ0) is 10.7. The Labute approximate surface area is 91.4 Å². The summed E-state index contributed by atoms with van der Waals surface area (Å²) >= 11 is 0. The zero-order valence-electron chi connectivity index (χ0n) is 9.26. The summed E-state index contributed by atoms with van der Waals surface area (Å²) in [5.74, 6) is 1.19. The van der Waals surface area contributed by atoms with Crippen LogP contribution in [0.3, 0.4) is 0 Å². The van der Waals surface area contributed by atoms with Gasteiger partial charge >= 0.3 is 0 Å². The van der Waals surface area contributed by atoms with Gasteiger partial charge in [-0.2, -0.15) is 0 Å². The standard InChI is InChI=1S/C13H19NO/c1-10-4-5-13(15)12(7-10)8-11-3-2-6-14-9-11/h2-3,6,9-10,12-13,15H,4-5,7-8H2,1H3. The normalized spacial score (nSPS) is 31.5. The van der Waals surface area contributed by atoms with Crippen LogP contribution in [0.25, 0.3) is 0 Å². The minimum Gasteiger partial charge on any atom is -0.393 e. The summed E-state index contributed by atoms with van der Waals surface area (Å²) in [7, 11) is 0. The lowest BCUT2D eigenvalue weighted by atomic mass is 9.78. The summed E-state index contributed by atoms with van der Waals surface area (Å²) in [6, 6.07) is 4.06. The molecule has 0 radical (unpaired) electrons. The van der Waals surface area contributed by atoms with Crippen molar-refractivity contribution >= 4 is 0 Å². The van der Waals surface area contributed by atoms with Crippen LogP contribution in [-0.2, 0) is 6.42 Å². The first kappa shape index (κ1) is 10.6. The van der Waals surface area contributed by atoms with Gasteiger partial charge in [0.25, 0.3) is 0 Å². The number of aromatic nitrogens is 1. The maximum atomic E-state index is 9.93. The maximum Gasteiger partial charge on any atom is 0.0571 e. The second-order valence-corrected chi connectivity index (χ2v) is 4.81. The quantitative estimate of drug-likeness (QED) is 0.804. The second kappa shape index (κ2) is 4.75. The SMILES string of the molecule is CC1CCC(O)C(Cc2cccnc2)C1. The molecular weight excluding hydrogens is 186 g/mol. The monoisotopic (exact) mass is 205 g/mol. The van der Waals surface area contributed by atoms with Gasteiger partial charge in [-0.3, -0.25) is 4.98 Å². The van der Waals surface area contributed by atoms with Crippen molar-refractivity contribution in [3.63, 3.8) is 0 Å². The molecule has 1 saturated carbocycles. The minimum absolute atomic E-state index is 0.110. The first-order valence-corrected chi connectivity index (χ1v) is 5.82. The number of aliphatic hydroxyl groups excluding tert-OH is 1. The molecule has 1 heterocycles. The van der Waals surface area contributed by atoms with Gasteiger partial charge in [-0.1, -0.05) is 13.0 Å². The highest BCUT2D eigenvalue weighted by atomic mass is 16.3. The van der Waals surface area contributed by atoms with Crippen LogP contribution in [0, 0.1) is 11.8 Å². The number of nitrogens with zero attached hydrogens (tertiary/aromatic N) is 1. The van der Waals surface area contributed by atoms with Crippen LogP contribution < -0.4 is 0 Å². The molecule has 2 rings (SSSR count). The molecule has 1 aliphatic rings. The van der Waals surface area contributed by atoms with E-state index in [0.717, 1.165) is 25.2 Å². The molecule has 1 aromatic rings. The van der Waals surface area contributed by atoms with E-state index in [1.54, 1.807) is 6.20 Å². The first-order chi connectivity index (χ1) is 7.25. The van der Waals surface area contributed by atoms with Gasteiger partial charge in [-0.05, 0) is 49.1 Å². The van der Waals surface area contributed by atoms with Gasteiger partial charge in [-0.25, -0.2) is 0 Å². The molecule has 1 aliphatic carbocycles. The van der Waals surface area contributed by atoms with Crippen molar-refractivity contribution in [2.75, 3.05) is 0 Å². The second-order valence-electron chi connectivity index (χ2n) is 4.81. The smallest absolute Gasteiger partial charge is 0.0571 e. The highest BCUT2D eigenvalue weighted by Crippen LogP contribution is 2.31. The van der Waals surface area contributed by atoms with Gasteiger partial charge in [0.1, 0.15) is 0 Å². The molecule has 3 unspecified atom stereocenters. The van der Waals surface area contributed by atoms with Gasteiger partial charge in [0, 0.05) is 12.4 Å². The number of hydrogen-bond donors (Lipinski definition) is 1. The summed E-state index contributed by atoms with van der Waals surface area (Å²) in [6.07, 6.45) is 7.85. The van der Waals surface area contributed by atoms with Gasteiger partial charge in [0.15, 0.2) is 0 Å². The lowest BCUT2D eigenvalue weighted by Gasteiger charge is -2.31.